The maximum absolute atomic E-state index is 9.37. The molecule has 1 heterocycles. The van der Waals surface area contributed by atoms with E-state index in [2.05, 4.69) is 21.8 Å². The molecule has 0 radical (unpaired) electrons. The molecule has 0 spiro atoms. The van der Waals surface area contributed by atoms with E-state index in [0.29, 0.717) is 23.0 Å². The molecule has 1 N–H and O–H groups in total. The van der Waals surface area contributed by atoms with Crippen molar-refractivity contribution in [3.63, 3.8) is 0 Å². The molecule has 23 heavy (non-hydrogen) atoms. The monoisotopic (exact) mass is 327 g/mol. The van der Waals surface area contributed by atoms with Gasteiger partial charge in [0.25, 0.3) is 0 Å². The van der Waals surface area contributed by atoms with Crippen LogP contribution in [0, 0.1) is 11.3 Å². The topological polar surface area (TPSA) is 67.2 Å². The second-order valence-electron chi connectivity index (χ2n) is 5.24. The highest BCUT2D eigenvalue weighted by atomic mass is 32.1. The Balaban J connectivity index is 1.77. The van der Waals surface area contributed by atoms with Gasteiger partial charge in [-0.3, -0.25) is 0 Å². The average molecular weight is 327 g/mol. The van der Waals surface area contributed by atoms with E-state index in [-0.39, 0.29) is 0 Å². The molecule has 1 aliphatic rings. The zero-order chi connectivity index (χ0) is 16.2. The third-order valence-electron chi connectivity index (χ3n) is 3.64. The first-order valence-electron chi connectivity index (χ1n) is 7.29. The zero-order valence-corrected chi connectivity index (χ0v) is 13.8. The predicted octanol–water partition coefficient (Wildman–Crippen LogP) is 4.01. The quantitative estimate of drug-likeness (QED) is 0.812. The Bertz CT molecular complexity index is 772. The van der Waals surface area contributed by atoms with Gasteiger partial charge in [0, 0.05) is 29.3 Å². The van der Waals surface area contributed by atoms with Crippen molar-refractivity contribution in [1.82, 2.24) is 4.98 Å². The van der Waals surface area contributed by atoms with Crippen molar-refractivity contribution < 1.29 is 9.47 Å². The van der Waals surface area contributed by atoms with E-state index in [4.69, 9.17) is 9.47 Å². The lowest BCUT2D eigenvalue weighted by molar-refractivity contribution is 0.355. The van der Waals surface area contributed by atoms with Crippen LogP contribution in [0.15, 0.2) is 29.8 Å². The van der Waals surface area contributed by atoms with Gasteiger partial charge in [-0.05, 0) is 25.0 Å². The van der Waals surface area contributed by atoms with Gasteiger partial charge in [0.15, 0.2) is 11.5 Å². The maximum Gasteiger partial charge on any atom is 0.162 e. The molecule has 1 fully saturated rings. The molecule has 6 heteroatoms. The molecule has 3 rings (SSSR count). The number of anilines is 1. The fraction of sp³-hybridized carbons (Fsp3) is 0.294. The van der Waals surface area contributed by atoms with E-state index in [0.717, 1.165) is 16.4 Å². The third kappa shape index (κ3) is 3.46. The Hall–Kier alpha value is -2.52. The summed E-state index contributed by atoms with van der Waals surface area (Å²) >= 11 is 1.51. The number of allylic oxidation sites excluding steroid dienone is 1. The molecule has 1 aromatic carbocycles. The molecule has 0 bridgehead atoms. The molecule has 0 atom stereocenters. The number of aromatic nitrogens is 1. The molecule has 1 aliphatic carbocycles. The van der Waals surface area contributed by atoms with E-state index in [9.17, 15) is 5.26 Å². The molecule has 118 valence electrons. The highest BCUT2D eigenvalue weighted by molar-refractivity contribution is 7.10. The van der Waals surface area contributed by atoms with E-state index in [1.165, 1.54) is 24.2 Å². The first kappa shape index (κ1) is 15.4. The minimum Gasteiger partial charge on any atom is -0.493 e. The second kappa shape index (κ2) is 6.71. The zero-order valence-electron chi connectivity index (χ0n) is 13.0. The van der Waals surface area contributed by atoms with Crippen molar-refractivity contribution in [2.24, 2.45) is 0 Å². The number of thiazole rings is 1. The van der Waals surface area contributed by atoms with Crippen LogP contribution in [0.3, 0.4) is 0 Å². The first-order chi connectivity index (χ1) is 11.2. The first-order valence-corrected chi connectivity index (χ1v) is 8.17. The van der Waals surface area contributed by atoms with Gasteiger partial charge in [-0.15, -0.1) is 11.3 Å². The lowest BCUT2D eigenvalue weighted by Gasteiger charge is -2.09. The Kier molecular flexibility index (Phi) is 4.49. The van der Waals surface area contributed by atoms with Crippen LogP contribution in [0.2, 0.25) is 0 Å². The largest absolute Gasteiger partial charge is 0.493 e. The molecule has 1 saturated carbocycles. The van der Waals surface area contributed by atoms with Crippen molar-refractivity contribution in [2.45, 2.75) is 18.8 Å². The maximum atomic E-state index is 9.37. The molecular formula is C17H17N3O2S. The SMILES string of the molecule is COc1ccc(N/C=C(\C#N)c2nc(C3CC3)cs2)cc1OC. The number of benzene rings is 1. The number of nitriles is 1. The van der Waals surface area contributed by atoms with Gasteiger partial charge in [0.1, 0.15) is 16.6 Å². The Labute approximate surface area is 139 Å². The van der Waals surface area contributed by atoms with Gasteiger partial charge in [0.05, 0.1) is 19.9 Å². The molecular weight excluding hydrogens is 310 g/mol. The molecule has 0 unspecified atom stereocenters. The van der Waals surface area contributed by atoms with Crippen molar-refractivity contribution >= 4 is 22.6 Å². The second-order valence-corrected chi connectivity index (χ2v) is 6.09. The van der Waals surface area contributed by atoms with Crippen LogP contribution in [-0.2, 0) is 0 Å². The summed E-state index contributed by atoms with van der Waals surface area (Å²) in [4.78, 5) is 4.56. The van der Waals surface area contributed by atoms with Gasteiger partial charge >= 0.3 is 0 Å². The highest BCUT2D eigenvalue weighted by Crippen LogP contribution is 2.40. The van der Waals surface area contributed by atoms with Gasteiger partial charge in [-0.25, -0.2) is 4.98 Å². The van der Waals surface area contributed by atoms with Gasteiger partial charge in [-0.2, -0.15) is 5.26 Å². The van der Waals surface area contributed by atoms with Gasteiger partial charge in [-0.1, -0.05) is 0 Å². The van der Waals surface area contributed by atoms with E-state index < -0.39 is 0 Å². The smallest absolute Gasteiger partial charge is 0.162 e. The number of rotatable bonds is 6. The number of nitrogens with one attached hydrogen (secondary N) is 1. The minimum absolute atomic E-state index is 0.525. The van der Waals surface area contributed by atoms with E-state index in [1.54, 1.807) is 20.4 Å². The van der Waals surface area contributed by atoms with E-state index in [1.807, 2.05) is 18.2 Å². The molecule has 1 aromatic heterocycles. The van der Waals surface area contributed by atoms with Crippen LogP contribution < -0.4 is 14.8 Å². The number of methoxy groups -OCH3 is 2. The van der Waals surface area contributed by atoms with Crippen molar-refractivity contribution in [2.75, 3.05) is 19.5 Å². The molecule has 0 amide bonds. The van der Waals surface area contributed by atoms with Crippen molar-refractivity contribution in [1.29, 1.82) is 5.26 Å². The van der Waals surface area contributed by atoms with Crippen LogP contribution in [0.25, 0.3) is 5.57 Å². The summed E-state index contributed by atoms with van der Waals surface area (Å²) in [5, 5.41) is 15.3. The lowest BCUT2D eigenvalue weighted by Crippen LogP contribution is -1.94. The Morgan fingerprint density at radius 3 is 2.78 bits per heavy atom. The minimum atomic E-state index is 0.525. The fourth-order valence-corrected chi connectivity index (χ4v) is 3.07. The Morgan fingerprint density at radius 1 is 1.35 bits per heavy atom. The Morgan fingerprint density at radius 2 is 2.13 bits per heavy atom. The molecule has 0 saturated heterocycles. The molecule has 5 nitrogen and oxygen atoms in total. The van der Waals surface area contributed by atoms with Crippen LogP contribution >= 0.6 is 11.3 Å². The summed E-state index contributed by atoms with van der Waals surface area (Å²) in [5.74, 6) is 1.89. The van der Waals surface area contributed by atoms with Crippen LogP contribution in [0.5, 0.6) is 11.5 Å². The van der Waals surface area contributed by atoms with Gasteiger partial charge < -0.3 is 14.8 Å². The van der Waals surface area contributed by atoms with Crippen LogP contribution in [0.1, 0.15) is 29.5 Å². The lowest BCUT2D eigenvalue weighted by atomic mass is 10.2. The fourth-order valence-electron chi connectivity index (χ4n) is 2.20. The third-order valence-corrected chi connectivity index (χ3v) is 4.53. The summed E-state index contributed by atoms with van der Waals surface area (Å²) in [6, 6.07) is 7.70. The summed E-state index contributed by atoms with van der Waals surface area (Å²) in [6.07, 6.45) is 4.09. The highest BCUT2D eigenvalue weighted by Gasteiger charge is 2.26. The summed E-state index contributed by atoms with van der Waals surface area (Å²) < 4.78 is 10.5. The molecule has 0 aliphatic heterocycles. The predicted molar refractivity (Wildman–Crippen MR) is 90.8 cm³/mol. The summed E-state index contributed by atoms with van der Waals surface area (Å²) in [5.41, 5.74) is 2.45. The van der Waals surface area contributed by atoms with Crippen molar-refractivity contribution in [3.05, 3.63) is 40.5 Å². The normalized spacial score (nSPS) is 14.2. The van der Waals surface area contributed by atoms with E-state index >= 15 is 0 Å². The number of hydrogen-bond acceptors (Lipinski definition) is 6. The van der Waals surface area contributed by atoms with Crippen molar-refractivity contribution in [3.8, 4) is 17.6 Å². The van der Waals surface area contributed by atoms with Gasteiger partial charge in [0.2, 0.25) is 0 Å². The van der Waals surface area contributed by atoms with Crippen LogP contribution in [-0.4, -0.2) is 19.2 Å². The standard InChI is InChI=1S/C17H17N3O2S/c1-21-15-6-5-13(7-16(15)22-2)19-9-12(8-18)17-20-14(10-23-17)11-3-4-11/h5-7,9-11,19H,3-4H2,1-2H3/b12-9+. The average Bonchev–Trinajstić information content (AvgIpc) is 3.33. The number of ether oxygens (including phenoxy) is 2. The number of hydrogen-bond donors (Lipinski definition) is 1. The summed E-state index contributed by atoms with van der Waals surface area (Å²) in [6.45, 7) is 0. The molecule has 2 aromatic rings. The van der Waals surface area contributed by atoms with Crippen LogP contribution in [0.4, 0.5) is 5.69 Å². The number of nitrogens with zero attached hydrogens (tertiary/aromatic N) is 2. The summed E-state index contributed by atoms with van der Waals surface area (Å²) in [7, 11) is 3.19.